The molecule has 3 aromatic rings. The molecule has 0 aliphatic carbocycles. The molecule has 0 aliphatic rings. The van der Waals surface area contributed by atoms with Gasteiger partial charge in [0.1, 0.15) is 28.9 Å². The summed E-state index contributed by atoms with van der Waals surface area (Å²) in [5.41, 5.74) is 9.24. The number of nitrogens with zero attached hydrogens (tertiary/aromatic N) is 2. The number of benzene rings is 1. The number of hydrogen-bond acceptors (Lipinski definition) is 5. The van der Waals surface area contributed by atoms with Gasteiger partial charge in [-0.15, -0.1) is 0 Å². The molecule has 1 aromatic carbocycles. The number of nitrogen functional groups attached to an aromatic ring is 1. The van der Waals surface area contributed by atoms with Gasteiger partial charge in [0.25, 0.3) is 0 Å². The molecule has 0 amide bonds. The van der Waals surface area contributed by atoms with Gasteiger partial charge in [-0.05, 0) is 30.3 Å². The Balaban J connectivity index is 2.29. The van der Waals surface area contributed by atoms with E-state index >= 15 is 0 Å². The molecule has 6 heteroatoms. The van der Waals surface area contributed by atoms with Crippen molar-refractivity contribution in [3.8, 4) is 40.0 Å². The Hall–Kier alpha value is -3.59. The Morgan fingerprint density at radius 3 is 2.60 bits per heavy atom. The Labute approximate surface area is 145 Å². The number of nitrogens with one attached hydrogen (secondary N) is 1. The maximum Gasteiger partial charge on any atom is 0.176 e. The van der Waals surface area contributed by atoms with Crippen LogP contribution in [0.5, 0.6) is 11.5 Å². The predicted octanol–water partition coefficient (Wildman–Crippen LogP) is 2.70. The van der Waals surface area contributed by atoms with E-state index in [4.69, 9.17) is 15.2 Å². The lowest BCUT2D eigenvalue weighted by atomic mass is 9.97. The number of aromatic nitrogens is 2. The van der Waals surface area contributed by atoms with Crippen molar-refractivity contribution < 1.29 is 14.5 Å². The van der Waals surface area contributed by atoms with Crippen molar-refractivity contribution >= 4 is 5.82 Å². The van der Waals surface area contributed by atoms with Crippen LogP contribution in [0, 0.1) is 11.3 Å². The topological polar surface area (TPSA) is 95.3 Å². The second-order valence-electron chi connectivity index (χ2n) is 5.29. The summed E-state index contributed by atoms with van der Waals surface area (Å²) in [6.07, 6.45) is 3.63. The Morgan fingerprint density at radius 1 is 1.12 bits per heavy atom. The number of pyridine rings is 2. The fraction of sp³-hybridized carbons (Fsp3) is 0.105. The van der Waals surface area contributed by atoms with E-state index in [2.05, 4.69) is 16.0 Å². The molecule has 0 saturated heterocycles. The van der Waals surface area contributed by atoms with Crippen LogP contribution in [0.25, 0.3) is 22.4 Å². The average Bonchev–Trinajstić information content (AvgIpc) is 2.67. The first-order valence-corrected chi connectivity index (χ1v) is 7.57. The number of hydrogen-bond donors (Lipinski definition) is 1. The van der Waals surface area contributed by atoms with Crippen LogP contribution in [-0.2, 0) is 0 Å². The van der Waals surface area contributed by atoms with E-state index in [9.17, 15) is 5.26 Å². The summed E-state index contributed by atoms with van der Waals surface area (Å²) in [5.74, 6) is 1.45. The number of anilines is 1. The van der Waals surface area contributed by atoms with Crippen molar-refractivity contribution in [2.45, 2.75) is 0 Å². The molecule has 0 bridgehead atoms. The molecule has 0 saturated carbocycles. The van der Waals surface area contributed by atoms with Gasteiger partial charge in [0.15, 0.2) is 12.4 Å². The van der Waals surface area contributed by atoms with Crippen LogP contribution in [0.3, 0.4) is 0 Å². The SMILES string of the molecule is COc1ccc(OC)c(-c2cc(-c3ccc[nH+]c3)nc(N)c2C#N)c1. The largest absolute Gasteiger partial charge is 0.497 e. The highest BCUT2D eigenvalue weighted by atomic mass is 16.5. The Kier molecular flexibility index (Phi) is 4.48. The minimum absolute atomic E-state index is 0.170. The molecule has 3 rings (SSSR count). The van der Waals surface area contributed by atoms with Crippen LogP contribution in [0.1, 0.15) is 5.56 Å². The van der Waals surface area contributed by atoms with Gasteiger partial charge in [-0.1, -0.05) is 0 Å². The highest BCUT2D eigenvalue weighted by molar-refractivity contribution is 5.83. The number of H-pyrrole nitrogens is 1. The monoisotopic (exact) mass is 333 g/mol. The van der Waals surface area contributed by atoms with Crippen LogP contribution >= 0.6 is 0 Å². The zero-order chi connectivity index (χ0) is 17.8. The standard InChI is InChI=1S/C19H16N4O2/c1-24-13-5-6-18(25-2)15(8-13)14-9-17(12-4-3-7-22-11-12)23-19(21)16(14)10-20/h3-9,11H,1-2H3,(H2,21,23)/p+1. The molecule has 0 fully saturated rings. The zero-order valence-corrected chi connectivity index (χ0v) is 13.9. The second-order valence-corrected chi connectivity index (χ2v) is 5.29. The lowest BCUT2D eigenvalue weighted by molar-refractivity contribution is -0.377. The van der Waals surface area contributed by atoms with Crippen molar-refractivity contribution in [1.82, 2.24) is 4.98 Å². The van der Waals surface area contributed by atoms with Crippen molar-refractivity contribution in [2.75, 3.05) is 20.0 Å². The number of methoxy groups -OCH3 is 2. The molecule has 2 heterocycles. The van der Waals surface area contributed by atoms with Crippen LogP contribution < -0.4 is 20.2 Å². The second kappa shape index (κ2) is 6.89. The Morgan fingerprint density at radius 2 is 1.96 bits per heavy atom. The van der Waals surface area contributed by atoms with Crippen LogP contribution in [-0.4, -0.2) is 19.2 Å². The van der Waals surface area contributed by atoms with E-state index in [-0.39, 0.29) is 5.82 Å². The number of rotatable bonds is 4. The molecule has 2 aromatic heterocycles. The maximum atomic E-state index is 9.56. The molecular formula is C19H17N4O2+. The molecule has 6 nitrogen and oxygen atoms in total. The van der Waals surface area contributed by atoms with E-state index in [0.717, 1.165) is 5.56 Å². The average molecular weight is 333 g/mol. The fourth-order valence-corrected chi connectivity index (χ4v) is 2.62. The fourth-order valence-electron chi connectivity index (χ4n) is 2.62. The quantitative estimate of drug-likeness (QED) is 0.792. The molecule has 0 spiro atoms. The molecule has 25 heavy (non-hydrogen) atoms. The minimum atomic E-state index is 0.170. The van der Waals surface area contributed by atoms with E-state index in [1.807, 2.05) is 36.7 Å². The first-order chi connectivity index (χ1) is 12.2. The van der Waals surface area contributed by atoms with Gasteiger partial charge in [-0.25, -0.2) is 9.97 Å². The third-order valence-corrected chi connectivity index (χ3v) is 3.86. The van der Waals surface area contributed by atoms with Gasteiger partial charge in [0, 0.05) is 17.2 Å². The molecule has 0 atom stereocenters. The summed E-state index contributed by atoms with van der Waals surface area (Å²) in [7, 11) is 3.16. The lowest BCUT2D eigenvalue weighted by Gasteiger charge is -2.14. The van der Waals surface area contributed by atoms with Gasteiger partial charge in [0.05, 0.1) is 25.5 Å². The molecule has 0 aliphatic heterocycles. The van der Waals surface area contributed by atoms with E-state index in [0.29, 0.717) is 33.9 Å². The summed E-state index contributed by atoms with van der Waals surface area (Å²) in [5, 5.41) is 9.56. The maximum absolute atomic E-state index is 9.56. The van der Waals surface area contributed by atoms with Crippen LogP contribution in [0.15, 0.2) is 48.8 Å². The van der Waals surface area contributed by atoms with Gasteiger partial charge < -0.3 is 15.2 Å². The summed E-state index contributed by atoms with van der Waals surface area (Å²) < 4.78 is 10.8. The highest BCUT2D eigenvalue weighted by Gasteiger charge is 2.17. The summed E-state index contributed by atoms with van der Waals surface area (Å²) in [6.45, 7) is 0. The van der Waals surface area contributed by atoms with Crippen molar-refractivity contribution in [1.29, 1.82) is 5.26 Å². The summed E-state index contributed by atoms with van der Waals surface area (Å²) >= 11 is 0. The van der Waals surface area contributed by atoms with Gasteiger partial charge in [-0.2, -0.15) is 5.26 Å². The smallest absolute Gasteiger partial charge is 0.176 e. The third-order valence-electron chi connectivity index (χ3n) is 3.86. The van der Waals surface area contributed by atoms with E-state index in [1.54, 1.807) is 26.4 Å². The molecule has 0 unspecified atom stereocenters. The molecular weight excluding hydrogens is 316 g/mol. The lowest BCUT2D eigenvalue weighted by Crippen LogP contribution is -2.03. The van der Waals surface area contributed by atoms with Gasteiger partial charge in [0.2, 0.25) is 0 Å². The molecule has 0 radical (unpaired) electrons. The first-order valence-electron chi connectivity index (χ1n) is 7.57. The van der Waals surface area contributed by atoms with E-state index in [1.165, 1.54) is 0 Å². The number of aromatic amines is 1. The molecule has 3 N–H and O–H groups in total. The van der Waals surface area contributed by atoms with Crippen LogP contribution in [0.2, 0.25) is 0 Å². The van der Waals surface area contributed by atoms with Crippen LogP contribution in [0.4, 0.5) is 5.82 Å². The summed E-state index contributed by atoms with van der Waals surface area (Å²) in [6, 6.07) is 13.2. The predicted molar refractivity (Wildman–Crippen MR) is 93.9 cm³/mol. The minimum Gasteiger partial charge on any atom is -0.497 e. The zero-order valence-electron chi connectivity index (χ0n) is 13.9. The normalized spacial score (nSPS) is 10.1. The van der Waals surface area contributed by atoms with Gasteiger partial charge >= 0.3 is 0 Å². The van der Waals surface area contributed by atoms with Crippen molar-refractivity contribution in [3.63, 3.8) is 0 Å². The first kappa shape index (κ1) is 16.3. The van der Waals surface area contributed by atoms with E-state index < -0.39 is 0 Å². The van der Waals surface area contributed by atoms with Crippen molar-refractivity contribution in [3.05, 3.63) is 54.4 Å². The van der Waals surface area contributed by atoms with Gasteiger partial charge in [-0.3, -0.25) is 0 Å². The molecule has 124 valence electrons. The summed E-state index contributed by atoms with van der Waals surface area (Å²) in [4.78, 5) is 7.38. The third kappa shape index (κ3) is 3.08. The number of nitriles is 1. The Bertz CT molecular complexity index is 950. The van der Waals surface area contributed by atoms with Crippen molar-refractivity contribution in [2.24, 2.45) is 0 Å². The number of ether oxygens (including phenoxy) is 2. The number of nitrogens with two attached hydrogens (primary N) is 1. The highest BCUT2D eigenvalue weighted by Crippen LogP contribution is 2.38.